The van der Waals surface area contributed by atoms with Crippen molar-refractivity contribution < 1.29 is 9.21 Å². The fourth-order valence-corrected chi connectivity index (χ4v) is 1.57. The summed E-state index contributed by atoms with van der Waals surface area (Å²) in [5.74, 6) is 5.44. The van der Waals surface area contributed by atoms with Gasteiger partial charge in [-0.1, -0.05) is 0 Å². The van der Waals surface area contributed by atoms with E-state index in [1.165, 1.54) is 0 Å². The minimum Gasteiger partial charge on any atom is -0.455 e. The van der Waals surface area contributed by atoms with Gasteiger partial charge in [-0.3, -0.25) is 15.1 Å². The van der Waals surface area contributed by atoms with Crippen LogP contribution in [-0.4, -0.2) is 23.4 Å². The molecule has 0 aliphatic rings. The number of nitriles is 1. The van der Waals surface area contributed by atoms with Crippen LogP contribution in [-0.2, 0) is 6.54 Å². The first-order valence-corrected chi connectivity index (χ1v) is 5.79. The largest absolute Gasteiger partial charge is 0.455 e. The Labute approximate surface area is 106 Å². The summed E-state index contributed by atoms with van der Waals surface area (Å²) in [6.45, 7) is 5.34. The highest BCUT2D eigenvalue weighted by molar-refractivity contribution is 5.90. The van der Waals surface area contributed by atoms with E-state index >= 15 is 0 Å². The van der Waals surface area contributed by atoms with Gasteiger partial charge in [0.1, 0.15) is 5.76 Å². The number of nitrogens with one attached hydrogen (secondary N) is 1. The zero-order valence-corrected chi connectivity index (χ0v) is 10.6. The molecule has 6 nitrogen and oxygen atoms in total. The van der Waals surface area contributed by atoms with Gasteiger partial charge in [-0.15, -0.1) is 0 Å². The molecule has 0 unspecified atom stereocenters. The first kappa shape index (κ1) is 14.2. The Morgan fingerprint density at radius 3 is 2.89 bits per heavy atom. The second-order valence-corrected chi connectivity index (χ2v) is 4.21. The highest BCUT2D eigenvalue weighted by Crippen LogP contribution is 2.12. The molecule has 1 amide bonds. The average molecular weight is 250 g/mol. The molecular formula is C12H18N4O2. The van der Waals surface area contributed by atoms with E-state index in [9.17, 15) is 4.79 Å². The first-order chi connectivity index (χ1) is 8.58. The van der Waals surface area contributed by atoms with Crippen LogP contribution >= 0.6 is 0 Å². The van der Waals surface area contributed by atoms with Gasteiger partial charge in [0.15, 0.2) is 5.76 Å². The van der Waals surface area contributed by atoms with Crippen LogP contribution in [0.15, 0.2) is 16.5 Å². The van der Waals surface area contributed by atoms with Crippen molar-refractivity contribution in [2.24, 2.45) is 5.84 Å². The van der Waals surface area contributed by atoms with Crippen molar-refractivity contribution in [3.8, 4) is 6.07 Å². The van der Waals surface area contributed by atoms with Gasteiger partial charge in [0.05, 0.1) is 12.6 Å². The molecule has 98 valence electrons. The zero-order valence-electron chi connectivity index (χ0n) is 10.6. The molecule has 1 heterocycles. The number of nitrogens with two attached hydrogens (primary N) is 1. The van der Waals surface area contributed by atoms with E-state index in [1.54, 1.807) is 12.1 Å². The number of hydrogen-bond acceptors (Lipinski definition) is 5. The van der Waals surface area contributed by atoms with Gasteiger partial charge < -0.3 is 4.42 Å². The van der Waals surface area contributed by atoms with Crippen LogP contribution in [0, 0.1) is 11.3 Å². The van der Waals surface area contributed by atoms with Gasteiger partial charge in [-0.25, -0.2) is 5.84 Å². The molecule has 1 rings (SSSR count). The lowest BCUT2D eigenvalue weighted by atomic mass is 10.2. The molecule has 0 aliphatic carbocycles. The highest BCUT2D eigenvalue weighted by Gasteiger charge is 2.14. The van der Waals surface area contributed by atoms with Gasteiger partial charge in [0.25, 0.3) is 0 Å². The van der Waals surface area contributed by atoms with E-state index in [0.717, 1.165) is 0 Å². The maximum absolute atomic E-state index is 11.2. The van der Waals surface area contributed by atoms with E-state index in [0.29, 0.717) is 31.3 Å². The summed E-state index contributed by atoms with van der Waals surface area (Å²) in [7, 11) is 0. The van der Waals surface area contributed by atoms with Crippen molar-refractivity contribution in [2.45, 2.75) is 32.9 Å². The Kier molecular flexibility index (Phi) is 5.36. The number of carbonyl (C=O) groups excluding carboxylic acids is 1. The zero-order chi connectivity index (χ0) is 13.5. The third-order valence-electron chi connectivity index (χ3n) is 2.62. The van der Waals surface area contributed by atoms with E-state index < -0.39 is 5.91 Å². The number of carbonyl (C=O) groups is 1. The van der Waals surface area contributed by atoms with Crippen molar-refractivity contribution in [1.82, 2.24) is 10.3 Å². The number of nitrogens with zero attached hydrogens (tertiary/aromatic N) is 2. The van der Waals surface area contributed by atoms with Crippen molar-refractivity contribution in [3.05, 3.63) is 23.7 Å². The molecule has 0 aliphatic heterocycles. The van der Waals surface area contributed by atoms with E-state index in [4.69, 9.17) is 15.5 Å². The quantitative estimate of drug-likeness (QED) is 0.446. The number of nitrogen functional groups attached to an aromatic ring is 1. The van der Waals surface area contributed by atoms with Gasteiger partial charge in [0, 0.05) is 19.0 Å². The van der Waals surface area contributed by atoms with Crippen molar-refractivity contribution in [2.75, 3.05) is 6.54 Å². The van der Waals surface area contributed by atoms with Crippen molar-refractivity contribution in [1.29, 1.82) is 5.26 Å². The Hall–Kier alpha value is -1.84. The summed E-state index contributed by atoms with van der Waals surface area (Å²) in [6, 6.07) is 5.75. The Morgan fingerprint density at radius 2 is 2.33 bits per heavy atom. The molecule has 0 atom stereocenters. The fraction of sp³-hybridized carbons (Fsp3) is 0.500. The molecule has 6 heteroatoms. The normalized spacial score (nSPS) is 10.7. The summed E-state index contributed by atoms with van der Waals surface area (Å²) in [5.41, 5.74) is 2.02. The number of hydrogen-bond donors (Lipinski definition) is 2. The third-order valence-corrected chi connectivity index (χ3v) is 2.62. The molecule has 3 N–H and O–H groups in total. The van der Waals surface area contributed by atoms with Gasteiger partial charge >= 0.3 is 5.91 Å². The van der Waals surface area contributed by atoms with Crippen LogP contribution in [0.4, 0.5) is 0 Å². The van der Waals surface area contributed by atoms with E-state index in [-0.39, 0.29) is 5.76 Å². The smallest absolute Gasteiger partial charge is 0.300 e. The summed E-state index contributed by atoms with van der Waals surface area (Å²) in [5, 5.41) is 8.60. The second kappa shape index (κ2) is 6.79. The van der Waals surface area contributed by atoms with E-state index in [1.807, 2.05) is 19.3 Å². The molecule has 0 bridgehead atoms. The fourth-order valence-electron chi connectivity index (χ4n) is 1.57. The first-order valence-electron chi connectivity index (χ1n) is 5.79. The van der Waals surface area contributed by atoms with Gasteiger partial charge in [0.2, 0.25) is 0 Å². The van der Waals surface area contributed by atoms with E-state index in [2.05, 4.69) is 11.0 Å². The minimum absolute atomic E-state index is 0.191. The van der Waals surface area contributed by atoms with Crippen LogP contribution in [0.2, 0.25) is 0 Å². The van der Waals surface area contributed by atoms with Gasteiger partial charge in [-0.05, 0) is 26.0 Å². The number of rotatable bonds is 6. The second-order valence-electron chi connectivity index (χ2n) is 4.21. The lowest BCUT2D eigenvalue weighted by Crippen LogP contribution is -2.31. The SMILES string of the molecule is CC(C)N(CCC#N)Cc1ccc(C(=O)NN)o1. The lowest BCUT2D eigenvalue weighted by molar-refractivity contribution is 0.0921. The van der Waals surface area contributed by atoms with Crippen LogP contribution in [0.3, 0.4) is 0 Å². The third kappa shape index (κ3) is 3.87. The van der Waals surface area contributed by atoms with Gasteiger partial charge in [-0.2, -0.15) is 5.26 Å². The Bertz CT molecular complexity index is 434. The highest BCUT2D eigenvalue weighted by atomic mass is 16.4. The van der Waals surface area contributed by atoms with Crippen LogP contribution < -0.4 is 11.3 Å². The van der Waals surface area contributed by atoms with Crippen molar-refractivity contribution >= 4 is 5.91 Å². The summed E-state index contributed by atoms with van der Waals surface area (Å²) in [6.07, 6.45) is 0.467. The van der Waals surface area contributed by atoms with Crippen LogP contribution in [0.5, 0.6) is 0 Å². The monoisotopic (exact) mass is 250 g/mol. The molecule has 0 saturated heterocycles. The topological polar surface area (TPSA) is 95.3 Å². The minimum atomic E-state index is -0.450. The summed E-state index contributed by atoms with van der Waals surface area (Å²) < 4.78 is 5.38. The molecule has 0 radical (unpaired) electrons. The molecule has 0 saturated carbocycles. The number of furan rings is 1. The molecule has 0 aromatic carbocycles. The van der Waals surface area contributed by atoms with Crippen molar-refractivity contribution in [3.63, 3.8) is 0 Å². The molecule has 18 heavy (non-hydrogen) atoms. The summed E-state index contributed by atoms with van der Waals surface area (Å²) >= 11 is 0. The molecule has 0 spiro atoms. The molecule has 1 aromatic heterocycles. The maximum atomic E-state index is 11.2. The lowest BCUT2D eigenvalue weighted by Gasteiger charge is -2.24. The number of hydrazine groups is 1. The maximum Gasteiger partial charge on any atom is 0.300 e. The predicted octanol–water partition coefficient (Wildman–Crippen LogP) is 1.01. The molecule has 0 fully saturated rings. The van der Waals surface area contributed by atoms with Crippen LogP contribution in [0.1, 0.15) is 36.6 Å². The van der Waals surface area contributed by atoms with Crippen LogP contribution in [0.25, 0.3) is 0 Å². The Morgan fingerprint density at radius 1 is 1.61 bits per heavy atom. The predicted molar refractivity (Wildman–Crippen MR) is 66.1 cm³/mol. The average Bonchev–Trinajstić information content (AvgIpc) is 2.81. The standard InChI is InChI=1S/C12H18N4O2/c1-9(2)16(7-3-6-13)8-10-4-5-11(18-10)12(17)15-14/h4-5,9H,3,7-8,14H2,1-2H3,(H,15,17). The Balaban J connectivity index is 2.66. The summed E-state index contributed by atoms with van der Waals surface area (Å²) in [4.78, 5) is 13.3. The molecule has 1 aromatic rings. The number of amides is 1. The molecular weight excluding hydrogens is 232 g/mol.